The molecule has 1 heterocycles. The molecule has 0 atom stereocenters. The lowest BCUT2D eigenvalue weighted by Crippen LogP contribution is -2.22. The zero-order valence-electron chi connectivity index (χ0n) is 19.1. The van der Waals surface area contributed by atoms with Crippen molar-refractivity contribution in [2.45, 2.75) is 20.4 Å². The molecule has 0 aliphatic carbocycles. The Kier molecular flexibility index (Phi) is 6.75. The van der Waals surface area contributed by atoms with Crippen molar-refractivity contribution in [2.75, 3.05) is 7.11 Å². The Morgan fingerprint density at radius 2 is 1.68 bits per heavy atom. The molecule has 34 heavy (non-hydrogen) atoms. The molecule has 1 aromatic heterocycles. The van der Waals surface area contributed by atoms with E-state index >= 15 is 0 Å². The molecule has 0 fully saturated rings. The molecule has 0 saturated heterocycles. The predicted molar refractivity (Wildman–Crippen MR) is 134 cm³/mol. The number of nitrogens with one attached hydrogen (secondary N) is 1. The van der Waals surface area contributed by atoms with E-state index in [2.05, 4.69) is 10.3 Å². The van der Waals surface area contributed by atoms with Crippen LogP contribution in [0.3, 0.4) is 0 Å². The first-order valence-corrected chi connectivity index (χ1v) is 11.5. The Morgan fingerprint density at radius 3 is 2.38 bits per heavy atom. The number of benzene rings is 3. The third-order valence-corrected chi connectivity index (χ3v) is 6.67. The van der Waals surface area contributed by atoms with E-state index in [4.69, 9.17) is 4.74 Å². The highest BCUT2D eigenvalue weighted by Gasteiger charge is 2.17. The number of ether oxygens (including phenoxy) is 1. The van der Waals surface area contributed by atoms with Crippen molar-refractivity contribution in [3.8, 4) is 27.4 Å². The van der Waals surface area contributed by atoms with Crippen LogP contribution in [0, 0.1) is 13.8 Å². The van der Waals surface area contributed by atoms with Gasteiger partial charge in [0.1, 0.15) is 15.6 Å². The van der Waals surface area contributed by atoms with Gasteiger partial charge in [-0.05, 0) is 49.2 Å². The number of carbonyl (C=O) groups is 2. The number of carboxylic acids is 1. The van der Waals surface area contributed by atoms with Gasteiger partial charge in [-0.1, -0.05) is 48.0 Å². The number of aromatic carboxylic acids is 1. The second kappa shape index (κ2) is 9.89. The lowest BCUT2D eigenvalue weighted by molar-refractivity contribution is 0.0696. The van der Waals surface area contributed by atoms with Gasteiger partial charge in [-0.15, -0.1) is 11.3 Å². The molecule has 0 bridgehead atoms. The molecule has 0 radical (unpaired) electrons. The molecule has 0 aliphatic heterocycles. The van der Waals surface area contributed by atoms with Crippen LogP contribution in [0.1, 0.15) is 36.9 Å². The van der Waals surface area contributed by atoms with E-state index < -0.39 is 5.97 Å². The third kappa shape index (κ3) is 5.00. The van der Waals surface area contributed by atoms with Crippen molar-refractivity contribution in [3.05, 3.63) is 94.0 Å². The summed E-state index contributed by atoms with van der Waals surface area (Å²) in [5.74, 6) is -0.540. The summed E-state index contributed by atoms with van der Waals surface area (Å²) in [5, 5.41) is 13.1. The Balaban J connectivity index is 1.55. The van der Waals surface area contributed by atoms with Gasteiger partial charge in [0.2, 0.25) is 0 Å². The van der Waals surface area contributed by atoms with Gasteiger partial charge in [-0.2, -0.15) is 0 Å². The largest absolute Gasteiger partial charge is 0.496 e. The monoisotopic (exact) mass is 472 g/mol. The first-order chi connectivity index (χ1) is 16.4. The number of carboxylic acid groups (broad SMARTS) is 1. The van der Waals surface area contributed by atoms with E-state index in [0.29, 0.717) is 16.3 Å². The predicted octanol–water partition coefficient (Wildman–Crippen LogP) is 5.73. The van der Waals surface area contributed by atoms with Crippen molar-refractivity contribution in [3.63, 3.8) is 0 Å². The summed E-state index contributed by atoms with van der Waals surface area (Å²) >= 11 is 1.37. The average molecular weight is 473 g/mol. The van der Waals surface area contributed by atoms with Crippen molar-refractivity contribution < 1.29 is 19.4 Å². The minimum Gasteiger partial charge on any atom is -0.496 e. The maximum absolute atomic E-state index is 13.0. The summed E-state index contributed by atoms with van der Waals surface area (Å²) in [4.78, 5) is 29.4. The lowest BCUT2D eigenvalue weighted by Gasteiger charge is -2.12. The van der Waals surface area contributed by atoms with E-state index in [1.165, 1.54) is 16.9 Å². The van der Waals surface area contributed by atoms with Crippen LogP contribution in [0.25, 0.3) is 21.7 Å². The Hall–Kier alpha value is -3.97. The molecule has 6 nitrogen and oxygen atoms in total. The topological polar surface area (TPSA) is 88.5 Å². The molecule has 0 saturated carbocycles. The zero-order chi connectivity index (χ0) is 24.2. The molecule has 0 aliphatic rings. The van der Waals surface area contributed by atoms with Crippen LogP contribution in [0.4, 0.5) is 0 Å². The molecule has 0 unspecified atom stereocenters. The van der Waals surface area contributed by atoms with E-state index in [-0.39, 0.29) is 18.0 Å². The quantitative estimate of drug-likeness (QED) is 0.359. The van der Waals surface area contributed by atoms with Gasteiger partial charge >= 0.3 is 5.97 Å². The SMILES string of the molecule is COc1ccc(-c2cccc(C(=O)O)c2)cc1CNC(=O)c1sc(-c2ccc(C)cc2)nc1C. The van der Waals surface area contributed by atoms with Gasteiger partial charge in [-0.25, -0.2) is 9.78 Å². The highest BCUT2D eigenvalue weighted by Crippen LogP contribution is 2.30. The lowest BCUT2D eigenvalue weighted by atomic mass is 10.0. The maximum Gasteiger partial charge on any atom is 0.335 e. The molecule has 4 aromatic rings. The summed E-state index contributed by atoms with van der Waals surface area (Å²) < 4.78 is 5.48. The van der Waals surface area contributed by atoms with Crippen LogP contribution in [0.5, 0.6) is 5.75 Å². The smallest absolute Gasteiger partial charge is 0.335 e. The normalized spacial score (nSPS) is 10.7. The standard InChI is InChI=1S/C27H24N2O4S/c1-16-7-9-18(10-8-16)26-29-17(2)24(34-26)25(30)28-15-22-14-20(11-12-23(22)33-3)19-5-4-6-21(13-19)27(31)32/h4-14H,15H2,1-3H3,(H,28,30)(H,31,32). The van der Waals surface area contributed by atoms with Gasteiger partial charge < -0.3 is 15.2 Å². The molecule has 3 aromatic carbocycles. The molecule has 0 spiro atoms. The Labute approximate surface area is 201 Å². The molecule has 7 heteroatoms. The van der Waals surface area contributed by atoms with E-state index in [1.807, 2.05) is 62.4 Å². The number of rotatable bonds is 7. The molecular formula is C27H24N2O4S. The second-order valence-electron chi connectivity index (χ2n) is 7.89. The van der Waals surface area contributed by atoms with Crippen molar-refractivity contribution in [2.24, 2.45) is 0 Å². The summed E-state index contributed by atoms with van der Waals surface area (Å²) in [6.45, 7) is 4.12. The molecule has 4 rings (SSSR count). The van der Waals surface area contributed by atoms with Gasteiger partial charge in [0.25, 0.3) is 5.91 Å². The number of aromatic nitrogens is 1. The summed E-state index contributed by atoms with van der Waals surface area (Å²) in [5.41, 5.74) is 5.45. The summed E-state index contributed by atoms with van der Waals surface area (Å²) in [7, 11) is 1.58. The van der Waals surface area contributed by atoms with E-state index in [1.54, 1.807) is 25.3 Å². The number of amides is 1. The van der Waals surface area contributed by atoms with Crippen molar-refractivity contribution in [1.82, 2.24) is 10.3 Å². The number of nitrogens with zero attached hydrogens (tertiary/aromatic N) is 1. The van der Waals surface area contributed by atoms with Crippen LogP contribution >= 0.6 is 11.3 Å². The minimum atomic E-state index is -0.979. The molecule has 1 amide bonds. The average Bonchev–Trinajstić information content (AvgIpc) is 3.24. The number of methoxy groups -OCH3 is 1. The van der Waals surface area contributed by atoms with E-state index in [0.717, 1.165) is 27.3 Å². The fourth-order valence-corrected chi connectivity index (χ4v) is 4.60. The van der Waals surface area contributed by atoms with Crippen LogP contribution in [0.15, 0.2) is 66.7 Å². The minimum absolute atomic E-state index is 0.200. The van der Waals surface area contributed by atoms with Crippen LogP contribution in [-0.2, 0) is 6.54 Å². The fourth-order valence-electron chi connectivity index (χ4n) is 3.61. The Bertz CT molecular complexity index is 1360. The van der Waals surface area contributed by atoms with Gasteiger partial charge in [-0.3, -0.25) is 4.79 Å². The number of thiazole rings is 1. The molecule has 2 N–H and O–H groups in total. The Morgan fingerprint density at radius 1 is 0.971 bits per heavy atom. The molecule has 172 valence electrons. The number of hydrogen-bond donors (Lipinski definition) is 2. The van der Waals surface area contributed by atoms with Gasteiger partial charge in [0, 0.05) is 17.7 Å². The van der Waals surface area contributed by atoms with Crippen LogP contribution in [0.2, 0.25) is 0 Å². The fraction of sp³-hybridized carbons (Fsp3) is 0.148. The maximum atomic E-state index is 13.0. The summed E-state index contributed by atoms with van der Waals surface area (Å²) in [6, 6.07) is 20.4. The number of hydrogen-bond acceptors (Lipinski definition) is 5. The van der Waals surface area contributed by atoms with Gasteiger partial charge in [0.05, 0.1) is 18.4 Å². The summed E-state index contributed by atoms with van der Waals surface area (Å²) in [6.07, 6.45) is 0. The van der Waals surface area contributed by atoms with E-state index in [9.17, 15) is 14.7 Å². The number of carbonyl (C=O) groups excluding carboxylic acids is 1. The second-order valence-corrected chi connectivity index (χ2v) is 8.89. The van der Waals surface area contributed by atoms with Crippen LogP contribution < -0.4 is 10.1 Å². The molecular weight excluding hydrogens is 448 g/mol. The van der Waals surface area contributed by atoms with Crippen LogP contribution in [-0.4, -0.2) is 29.1 Å². The first kappa shape index (κ1) is 23.2. The van der Waals surface area contributed by atoms with Crippen molar-refractivity contribution >= 4 is 23.2 Å². The highest BCUT2D eigenvalue weighted by atomic mass is 32.1. The third-order valence-electron chi connectivity index (χ3n) is 5.46. The van der Waals surface area contributed by atoms with Crippen molar-refractivity contribution in [1.29, 1.82) is 0 Å². The highest BCUT2D eigenvalue weighted by molar-refractivity contribution is 7.17. The number of aryl methyl sites for hydroxylation is 2. The first-order valence-electron chi connectivity index (χ1n) is 10.7. The zero-order valence-corrected chi connectivity index (χ0v) is 19.9. The van der Waals surface area contributed by atoms with Gasteiger partial charge in [0.15, 0.2) is 0 Å².